The molecule has 1 unspecified atom stereocenters. The van der Waals surface area contributed by atoms with Gasteiger partial charge in [0.15, 0.2) is 0 Å². The van der Waals surface area contributed by atoms with Crippen LogP contribution in [0.3, 0.4) is 0 Å². The second-order valence-corrected chi connectivity index (χ2v) is 5.45. The van der Waals surface area contributed by atoms with Crippen LogP contribution >= 0.6 is 7.37 Å². The highest BCUT2D eigenvalue weighted by Crippen LogP contribution is 2.39. The summed E-state index contributed by atoms with van der Waals surface area (Å²) in [6, 6.07) is 8.31. The molecule has 0 heterocycles. The number of carbonyl (C=O) groups is 1. The lowest BCUT2D eigenvalue weighted by Gasteiger charge is -2.10. The minimum atomic E-state index is -3.41. The summed E-state index contributed by atoms with van der Waals surface area (Å²) in [5, 5.41) is 0.369. The molecule has 0 amide bonds. The molecule has 4 nitrogen and oxygen atoms in total. The largest absolute Gasteiger partial charge is 0.469 e. The number of hydrogen-bond donors (Lipinski definition) is 1. The minimum Gasteiger partial charge on any atom is -0.469 e. The van der Waals surface area contributed by atoms with E-state index in [0.717, 1.165) is 0 Å². The first-order chi connectivity index (χ1) is 7.06. The lowest BCUT2D eigenvalue weighted by molar-refractivity contribution is -0.140. The first kappa shape index (κ1) is 12.0. The molecule has 1 aromatic carbocycles. The Morgan fingerprint density at radius 3 is 2.53 bits per heavy atom. The highest BCUT2D eigenvalue weighted by molar-refractivity contribution is 7.66. The predicted molar refractivity (Wildman–Crippen MR) is 57.4 cm³/mol. The number of hydrogen-bond acceptors (Lipinski definition) is 3. The van der Waals surface area contributed by atoms with Crippen LogP contribution in [0.15, 0.2) is 30.3 Å². The molecule has 5 heteroatoms. The maximum Gasteiger partial charge on any atom is 0.306 e. The van der Waals surface area contributed by atoms with Crippen molar-refractivity contribution in [1.29, 1.82) is 0 Å². The Bertz CT molecular complexity index is 374. The summed E-state index contributed by atoms with van der Waals surface area (Å²) in [5.74, 6) is -0.472. The zero-order valence-electron chi connectivity index (χ0n) is 8.42. The van der Waals surface area contributed by atoms with Gasteiger partial charge in [0.2, 0.25) is 7.37 Å². The second kappa shape index (κ2) is 5.10. The number of benzene rings is 1. The predicted octanol–water partition coefficient (Wildman–Crippen LogP) is 1.15. The minimum absolute atomic E-state index is 0.0425. The molecule has 0 aliphatic carbocycles. The molecule has 1 rings (SSSR count). The lowest BCUT2D eigenvalue weighted by Crippen LogP contribution is -2.10. The van der Waals surface area contributed by atoms with E-state index in [1.165, 1.54) is 7.11 Å². The average molecular weight is 228 g/mol. The van der Waals surface area contributed by atoms with Crippen molar-refractivity contribution in [3.63, 3.8) is 0 Å². The molecule has 0 bridgehead atoms. The molecule has 0 fully saturated rings. The van der Waals surface area contributed by atoms with Crippen LogP contribution < -0.4 is 5.30 Å². The van der Waals surface area contributed by atoms with Crippen molar-refractivity contribution in [3.05, 3.63) is 30.3 Å². The normalized spacial score (nSPS) is 14.3. The van der Waals surface area contributed by atoms with E-state index in [4.69, 9.17) is 0 Å². The van der Waals surface area contributed by atoms with E-state index in [0.29, 0.717) is 5.30 Å². The van der Waals surface area contributed by atoms with Crippen molar-refractivity contribution in [3.8, 4) is 0 Å². The standard InChI is InChI=1S/C10H13O4P/c1-14-10(11)7-8-15(12,13)9-5-3-2-4-6-9/h2-6H,7-8H2,1H3,(H,12,13). The molecule has 1 atom stereocenters. The van der Waals surface area contributed by atoms with Gasteiger partial charge in [-0.15, -0.1) is 0 Å². The molecule has 0 saturated heterocycles. The monoisotopic (exact) mass is 228 g/mol. The van der Waals surface area contributed by atoms with Gasteiger partial charge in [-0.1, -0.05) is 18.2 Å². The van der Waals surface area contributed by atoms with Crippen molar-refractivity contribution in [2.24, 2.45) is 0 Å². The molecular weight excluding hydrogens is 215 g/mol. The van der Waals surface area contributed by atoms with Gasteiger partial charge in [-0.05, 0) is 12.1 Å². The molecule has 82 valence electrons. The van der Waals surface area contributed by atoms with Crippen molar-refractivity contribution in [1.82, 2.24) is 0 Å². The molecule has 0 aromatic heterocycles. The molecule has 0 spiro atoms. The van der Waals surface area contributed by atoms with E-state index < -0.39 is 13.3 Å². The Morgan fingerprint density at radius 1 is 1.40 bits per heavy atom. The van der Waals surface area contributed by atoms with Crippen LogP contribution in [0.2, 0.25) is 0 Å². The maximum absolute atomic E-state index is 11.8. The van der Waals surface area contributed by atoms with Crippen LogP contribution in [-0.2, 0) is 14.1 Å². The molecule has 0 saturated carbocycles. The Balaban J connectivity index is 2.68. The van der Waals surface area contributed by atoms with Gasteiger partial charge in [-0.25, -0.2) is 0 Å². The van der Waals surface area contributed by atoms with E-state index in [1.807, 2.05) is 0 Å². The third-order valence-corrected chi connectivity index (χ3v) is 3.94. The summed E-state index contributed by atoms with van der Waals surface area (Å²) in [6.07, 6.45) is -0.122. The van der Waals surface area contributed by atoms with Crippen LogP contribution in [-0.4, -0.2) is 24.1 Å². The summed E-state index contributed by atoms with van der Waals surface area (Å²) in [7, 11) is -2.16. The first-order valence-corrected chi connectivity index (χ1v) is 6.35. The maximum atomic E-state index is 11.8. The smallest absolute Gasteiger partial charge is 0.306 e. The van der Waals surface area contributed by atoms with Crippen LogP contribution in [0.4, 0.5) is 0 Å². The van der Waals surface area contributed by atoms with Gasteiger partial charge < -0.3 is 9.63 Å². The topological polar surface area (TPSA) is 63.6 Å². The molecule has 0 aliphatic rings. The zero-order chi connectivity index (χ0) is 11.3. The number of carbonyl (C=O) groups excluding carboxylic acids is 1. The van der Waals surface area contributed by atoms with Crippen LogP contribution in [0.5, 0.6) is 0 Å². The lowest BCUT2D eigenvalue weighted by atomic mass is 10.4. The Labute approximate surface area is 88.3 Å². The number of esters is 1. The van der Waals surface area contributed by atoms with Gasteiger partial charge in [0.1, 0.15) is 0 Å². The summed E-state index contributed by atoms with van der Waals surface area (Å²) in [5.41, 5.74) is 0. The third kappa shape index (κ3) is 3.50. The number of methoxy groups -OCH3 is 1. The Kier molecular flexibility index (Phi) is 4.06. The van der Waals surface area contributed by atoms with Gasteiger partial charge in [0.25, 0.3) is 0 Å². The molecular formula is C10H13O4P. The zero-order valence-corrected chi connectivity index (χ0v) is 9.31. The highest BCUT2D eigenvalue weighted by atomic mass is 31.2. The van der Waals surface area contributed by atoms with Gasteiger partial charge in [0, 0.05) is 11.5 Å². The van der Waals surface area contributed by atoms with Crippen LogP contribution in [0.25, 0.3) is 0 Å². The summed E-state index contributed by atoms with van der Waals surface area (Å²) < 4.78 is 16.2. The first-order valence-electron chi connectivity index (χ1n) is 4.50. The van der Waals surface area contributed by atoms with Gasteiger partial charge in [0.05, 0.1) is 13.5 Å². The fourth-order valence-electron chi connectivity index (χ4n) is 1.13. The average Bonchev–Trinajstić information content (AvgIpc) is 2.27. The van der Waals surface area contributed by atoms with Crippen LogP contribution in [0, 0.1) is 0 Å². The van der Waals surface area contributed by atoms with E-state index in [1.54, 1.807) is 30.3 Å². The number of rotatable bonds is 4. The second-order valence-electron chi connectivity index (χ2n) is 3.09. The van der Waals surface area contributed by atoms with Crippen LogP contribution in [0.1, 0.15) is 6.42 Å². The molecule has 15 heavy (non-hydrogen) atoms. The van der Waals surface area contributed by atoms with Crippen molar-refractivity contribution < 1.29 is 19.0 Å². The van der Waals surface area contributed by atoms with Gasteiger partial charge in [-0.3, -0.25) is 9.36 Å². The summed E-state index contributed by atoms with van der Waals surface area (Å²) >= 11 is 0. The van der Waals surface area contributed by atoms with E-state index in [9.17, 15) is 14.3 Å². The Morgan fingerprint density at radius 2 is 2.00 bits per heavy atom. The SMILES string of the molecule is COC(=O)CCP(=O)(O)c1ccccc1. The fraction of sp³-hybridized carbons (Fsp3) is 0.300. The van der Waals surface area contributed by atoms with Gasteiger partial charge >= 0.3 is 5.97 Å². The molecule has 0 radical (unpaired) electrons. The summed E-state index contributed by atoms with van der Waals surface area (Å²) in [4.78, 5) is 20.5. The molecule has 1 N–H and O–H groups in total. The van der Waals surface area contributed by atoms with Gasteiger partial charge in [-0.2, -0.15) is 0 Å². The quantitative estimate of drug-likeness (QED) is 0.620. The number of ether oxygens (including phenoxy) is 1. The van der Waals surface area contributed by atoms with E-state index >= 15 is 0 Å². The van der Waals surface area contributed by atoms with E-state index in [2.05, 4.69) is 4.74 Å². The van der Waals surface area contributed by atoms with Crippen molar-refractivity contribution in [2.75, 3.05) is 13.3 Å². The van der Waals surface area contributed by atoms with Crippen molar-refractivity contribution in [2.45, 2.75) is 6.42 Å². The third-order valence-electron chi connectivity index (χ3n) is 2.01. The molecule has 0 aliphatic heterocycles. The molecule has 1 aromatic rings. The highest BCUT2D eigenvalue weighted by Gasteiger charge is 2.22. The summed E-state index contributed by atoms with van der Waals surface area (Å²) in [6.45, 7) is 0. The fourth-order valence-corrected chi connectivity index (χ4v) is 2.52. The van der Waals surface area contributed by atoms with Crippen molar-refractivity contribution >= 4 is 18.6 Å². The van der Waals surface area contributed by atoms with E-state index in [-0.39, 0.29) is 12.6 Å². The Hall–Kier alpha value is -1.12.